The largest absolute Gasteiger partial charge is 0.481 e. The molecule has 0 bridgehead atoms. The molecule has 1 amide bonds. The van der Waals surface area contributed by atoms with Gasteiger partial charge in [0, 0.05) is 15.6 Å². The Balaban J connectivity index is 2.17. The summed E-state index contributed by atoms with van der Waals surface area (Å²) in [5, 5.41) is 13.8. The van der Waals surface area contributed by atoms with E-state index in [-0.39, 0.29) is 12.3 Å². The highest BCUT2D eigenvalue weighted by atomic mass is 35.5. The fraction of sp³-hybridized carbons (Fsp3) is 0.143. The molecular weight excluding hydrogens is 298 g/mol. The zero-order valence-electron chi connectivity index (χ0n) is 10.6. The smallest absolute Gasteiger partial charge is 0.308 e. The minimum Gasteiger partial charge on any atom is -0.481 e. The number of carboxylic acids is 1. The first-order chi connectivity index (χ1) is 9.47. The van der Waals surface area contributed by atoms with Crippen LogP contribution in [0.3, 0.4) is 0 Å². The molecule has 1 heterocycles. The summed E-state index contributed by atoms with van der Waals surface area (Å²) in [5.74, 6) is -1.29. The number of anilines is 1. The summed E-state index contributed by atoms with van der Waals surface area (Å²) in [5.41, 5.74) is 1.89. The fourth-order valence-corrected chi connectivity index (χ4v) is 2.73. The Morgan fingerprint density at radius 2 is 2.10 bits per heavy atom. The molecule has 1 aromatic heterocycles. The highest BCUT2D eigenvalue weighted by molar-refractivity contribution is 7.10. The van der Waals surface area contributed by atoms with E-state index in [1.165, 1.54) is 11.3 Å². The predicted molar refractivity (Wildman–Crippen MR) is 79.8 cm³/mol. The van der Waals surface area contributed by atoms with Crippen molar-refractivity contribution in [1.29, 1.82) is 0 Å². The van der Waals surface area contributed by atoms with Crippen LogP contribution in [0.1, 0.15) is 20.8 Å². The van der Waals surface area contributed by atoms with E-state index in [0.29, 0.717) is 21.2 Å². The van der Waals surface area contributed by atoms with Gasteiger partial charge in [0.1, 0.15) is 0 Å². The van der Waals surface area contributed by atoms with Crippen LogP contribution < -0.4 is 5.32 Å². The second-order valence-corrected chi connectivity index (χ2v) is 5.65. The summed E-state index contributed by atoms with van der Waals surface area (Å²) < 4.78 is 0. The van der Waals surface area contributed by atoms with Gasteiger partial charge in [-0.25, -0.2) is 0 Å². The predicted octanol–water partition coefficient (Wildman–Crippen LogP) is 3.59. The van der Waals surface area contributed by atoms with Gasteiger partial charge in [0.25, 0.3) is 5.91 Å². The van der Waals surface area contributed by atoms with Crippen molar-refractivity contribution < 1.29 is 14.7 Å². The second kappa shape index (κ2) is 6.07. The molecule has 104 valence electrons. The normalized spacial score (nSPS) is 10.3. The molecule has 1 aromatic carbocycles. The van der Waals surface area contributed by atoms with Gasteiger partial charge in [0.05, 0.1) is 12.0 Å². The SMILES string of the molecule is Cc1ccc(NC(=O)c2ccsc2CC(=O)O)cc1Cl. The van der Waals surface area contributed by atoms with Gasteiger partial charge in [-0.05, 0) is 36.1 Å². The number of carbonyl (C=O) groups is 2. The van der Waals surface area contributed by atoms with Gasteiger partial charge in [-0.15, -0.1) is 11.3 Å². The maximum atomic E-state index is 12.1. The number of amides is 1. The third-order valence-electron chi connectivity index (χ3n) is 2.73. The third kappa shape index (κ3) is 3.37. The summed E-state index contributed by atoms with van der Waals surface area (Å²) in [6.07, 6.45) is -0.158. The van der Waals surface area contributed by atoms with E-state index in [0.717, 1.165) is 5.56 Å². The van der Waals surface area contributed by atoms with Crippen LogP contribution in [-0.2, 0) is 11.2 Å². The topological polar surface area (TPSA) is 66.4 Å². The first-order valence-electron chi connectivity index (χ1n) is 5.83. The highest BCUT2D eigenvalue weighted by Gasteiger charge is 2.15. The molecule has 2 rings (SSSR count). The van der Waals surface area contributed by atoms with Crippen molar-refractivity contribution in [2.24, 2.45) is 0 Å². The van der Waals surface area contributed by atoms with Crippen LogP contribution in [0.25, 0.3) is 0 Å². The minimum atomic E-state index is -0.958. The summed E-state index contributed by atoms with van der Waals surface area (Å²) in [7, 11) is 0. The summed E-state index contributed by atoms with van der Waals surface area (Å²) in [4.78, 5) is 23.4. The van der Waals surface area contributed by atoms with Crippen LogP contribution in [-0.4, -0.2) is 17.0 Å². The third-order valence-corrected chi connectivity index (χ3v) is 4.06. The molecule has 0 spiro atoms. The number of hydrogen-bond donors (Lipinski definition) is 2. The van der Waals surface area contributed by atoms with Crippen LogP contribution >= 0.6 is 22.9 Å². The lowest BCUT2D eigenvalue weighted by Crippen LogP contribution is -2.14. The fourth-order valence-electron chi connectivity index (χ4n) is 1.69. The average molecular weight is 310 g/mol. The Morgan fingerprint density at radius 3 is 2.75 bits per heavy atom. The van der Waals surface area contributed by atoms with Gasteiger partial charge in [-0.3, -0.25) is 9.59 Å². The number of benzene rings is 1. The molecule has 2 N–H and O–H groups in total. The van der Waals surface area contributed by atoms with E-state index in [2.05, 4.69) is 5.32 Å². The molecule has 0 atom stereocenters. The maximum absolute atomic E-state index is 12.1. The molecule has 2 aromatic rings. The van der Waals surface area contributed by atoms with Crippen molar-refractivity contribution in [3.63, 3.8) is 0 Å². The lowest BCUT2D eigenvalue weighted by molar-refractivity contribution is -0.136. The number of hydrogen-bond acceptors (Lipinski definition) is 3. The molecule has 20 heavy (non-hydrogen) atoms. The number of aliphatic carboxylic acids is 1. The summed E-state index contributed by atoms with van der Waals surface area (Å²) in [6.45, 7) is 1.87. The van der Waals surface area contributed by atoms with Gasteiger partial charge in [-0.2, -0.15) is 0 Å². The molecule has 0 saturated carbocycles. The van der Waals surface area contributed by atoms with E-state index in [1.807, 2.05) is 13.0 Å². The van der Waals surface area contributed by atoms with Crippen LogP contribution in [0.5, 0.6) is 0 Å². The van der Waals surface area contributed by atoms with Crippen molar-refractivity contribution in [1.82, 2.24) is 0 Å². The van der Waals surface area contributed by atoms with E-state index >= 15 is 0 Å². The van der Waals surface area contributed by atoms with Gasteiger partial charge in [0.2, 0.25) is 0 Å². The number of rotatable bonds is 4. The van der Waals surface area contributed by atoms with E-state index in [4.69, 9.17) is 16.7 Å². The van der Waals surface area contributed by atoms with E-state index in [1.54, 1.807) is 23.6 Å². The first kappa shape index (κ1) is 14.6. The number of thiophene rings is 1. The van der Waals surface area contributed by atoms with Crippen molar-refractivity contribution in [2.75, 3.05) is 5.32 Å². The van der Waals surface area contributed by atoms with Gasteiger partial charge in [-0.1, -0.05) is 17.7 Å². The van der Waals surface area contributed by atoms with Crippen LogP contribution in [0, 0.1) is 6.92 Å². The van der Waals surface area contributed by atoms with Crippen molar-refractivity contribution >= 4 is 40.5 Å². The zero-order chi connectivity index (χ0) is 14.7. The number of aryl methyl sites for hydroxylation is 1. The molecular formula is C14H12ClNO3S. The molecule has 0 aliphatic carbocycles. The minimum absolute atomic E-state index is 0.158. The molecule has 0 aliphatic heterocycles. The molecule has 4 nitrogen and oxygen atoms in total. The molecule has 6 heteroatoms. The quantitative estimate of drug-likeness (QED) is 0.907. The van der Waals surface area contributed by atoms with Crippen LogP contribution in [0.4, 0.5) is 5.69 Å². The average Bonchev–Trinajstić information content (AvgIpc) is 2.81. The lowest BCUT2D eigenvalue weighted by atomic mass is 10.2. The highest BCUT2D eigenvalue weighted by Crippen LogP contribution is 2.22. The molecule has 0 radical (unpaired) electrons. The molecule has 0 aliphatic rings. The lowest BCUT2D eigenvalue weighted by Gasteiger charge is -2.07. The van der Waals surface area contributed by atoms with Crippen molar-refractivity contribution in [3.8, 4) is 0 Å². The Bertz CT molecular complexity index is 666. The van der Waals surface area contributed by atoms with Crippen LogP contribution in [0.2, 0.25) is 5.02 Å². The number of halogens is 1. The van der Waals surface area contributed by atoms with E-state index < -0.39 is 5.97 Å². The number of carbonyl (C=O) groups excluding carboxylic acids is 1. The zero-order valence-corrected chi connectivity index (χ0v) is 12.2. The summed E-state index contributed by atoms with van der Waals surface area (Å²) in [6, 6.07) is 6.85. The Hall–Kier alpha value is -1.85. The Labute approximate surface area is 125 Å². The monoisotopic (exact) mass is 309 g/mol. The van der Waals surface area contributed by atoms with Crippen molar-refractivity contribution in [2.45, 2.75) is 13.3 Å². The molecule has 0 unspecified atom stereocenters. The maximum Gasteiger partial charge on any atom is 0.308 e. The number of nitrogens with one attached hydrogen (secondary N) is 1. The van der Waals surface area contributed by atoms with Crippen molar-refractivity contribution in [3.05, 3.63) is 50.7 Å². The van der Waals surface area contributed by atoms with Gasteiger partial charge >= 0.3 is 5.97 Å². The van der Waals surface area contributed by atoms with Gasteiger partial charge in [0.15, 0.2) is 0 Å². The molecule has 0 fully saturated rings. The van der Waals surface area contributed by atoms with Crippen LogP contribution in [0.15, 0.2) is 29.6 Å². The number of carboxylic acid groups (broad SMARTS) is 1. The summed E-state index contributed by atoms with van der Waals surface area (Å²) >= 11 is 7.25. The van der Waals surface area contributed by atoms with Gasteiger partial charge < -0.3 is 10.4 Å². The second-order valence-electron chi connectivity index (χ2n) is 4.25. The first-order valence-corrected chi connectivity index (χ1v) is 7.09. The Kier molecular flexibility index (Phi) is 4.42. The molecule has 0 saturated heterocycles. The Morgan fingerprint density at radius 1 is 1.35 bits per heavy atom. The standard InChI is InChI=1S/C14H12ClNO3S/c1-8-2-3-9(6-11(8)15)16-14(19)10-4-5-20-12(10)7-13(17)18/h2-6H,7H2,1H3,(H,16,19)(H,17,18). The van der Waals surface area contributed by atoms with E-state index in [9.17, 15) is 9.59 Å².